The normalized spacial score (nSPS) is 12.4. The fraction of sp³-hybridized carbons (Fsp3) is 0.400. The van der Waals surface area contributed by atoms with Crippen molar-refractivity contribution >= 4 is 5.91 Å². The highest BCUT2D eigenvalue weighted by atomic mass is 16.1. The molecule has 1 N–H and O–H groups in total. The quantitative estimate of drug-likeness (QED) is 0.271. The van der Waals surface area contributed by atoms with E-state index in [0.29, 0.717) is 13.0 Å². The first kappa shape index (κ1) is 24.5. The molecule has 0 aromatic heterocycles. The average Bonchev–Trinajstić information content (AvgIpc) is 2.68. The third-order valence-electron chi connectivity index (χ3n) is 3.52. The van der Waals surface area contributed by atoms with Gasteiger partial charge >= 0.3 is 0 Å². The lowest BCUT2D eigenvalue weighted by molar-refractivity contribution is -0.120. The van der Waals surface area contributed by atoms with Crippen molar-refractivity contribution in [3.63, 3.8) is 0 Å². The number of amides is 1. The van der Waals surface area contributed by atoms with Gasteiger partial charge in [0.25, 0.3) is 0 Å². The van der Waals surface area contributed by atoms with Crippen molar-refractivity contribution < 1.29 is 4.79 Å². The SMILES string of the molecule is C#CCNC(=O)CC/C=C\C/C=C\C/C=C\C/C=C\C/C=C\C/C=C\CC. The average molecular weight is 366 g/mol. The van der Waals surface area contributed by atoms with Crippen LogP contribution in [0.3, 0.4) is 0 Å². The topological polar surface area (TPSA) is 29.1 Å². The lowest BCUT2D eigenvalue weighted by atomic mass is 10.2. The summed E-state index contributed by atoms with van der Waals surface area (Å²) in [5.41, 5.74) is 0. The van der Waals surface area contributed by atoms with Crippen LogP contribution in [0.5, 0.6) is 0 Å². The van der Waals surface area contributed by atoms with Crippen LogP contribution >= 0.6 is 0 Å². The van der Waals surface area contributed by atoms with Crippen LogP contribution in [0.4, 0.5) is 0 Å². The van der Waals surface area contributed by atoms with E-state index in [0.717, 1.165) is 44.9 Å². The van der Waals surface area contributed by atoms with Gasteiger partial charge in [0.2, 0.25) is 5.91 Å². The Balaban J connectivity index is 3.56. The number of hydrogen-bond donors (Lipinski definition) is 1. The predicted octanol–water partition coefficient (Wildman–Crippen LogP) is 6.21. The molecule has 0 aliphatic heterocycles. The van der Waals surface area contributed by atoms with E-state index in [-0.39, 0.29) is 5.91 Å². The molecular formula is C25H35NO. The number of nitrogens with one attached hydrogen (secondary N) is 1. The van der Waals surface area contributed by atoms with Crippen LogP contribution < -0.4 is 5.32 Å². The Bertz CT molecular complexity index is 568. The van der Waals surface area contributed by atoms with Gasteiger partial charge in [-0.2, -0.15) is 0 Å². The van der Waals surface area contributed by atoms with Crippen molar-refractivity contribution in [2.45, 2.75) is 58.3 Å². The largest absolute Gasteiger partial charge is 0.345 e. The standard InChI is InChI=1S/C25H35NO/c1-3-5-6-7-8-9-10-11-12-13-14-15-16-17-18-19-20-21-22-23-25(27)26-24-4-2/h2,5-6,8-9,11-12,14-15,17-18,20-21H,3,7,10,13,16,19,22-24H2,1H3,(H,26,27)/b6-5-,9-8-,12-11-,15-14-,18-17-,21-20-. The number of terminal acetylenes is 1. The van der Waals surface area contributed by atoms with E-state index in [1.54, 1.807) is 0 Å². The number of carbonyl (C=O) groups is 1. The van der Waals surface area contributed by atoms with Crippen LogP contribution in [-0.2, 0) is 4.79 Å². The summed E-state index contributed by atoms with van der Waals surface area (Å²) in [6, 6.07) is 0. The molecule has 0 unspecified atom stereocenters. The van der Waals surface area contributed by atoms with E-state index in [1.165, 1.54) is 0 Å². The summed E-state index contributed by atoms with van der Waals surface area (Å²) in [5.74, 6) is 2.39. The Morgan fingerprint density at radius 1 is 0.741 bits per heavy atom. The summed E-state index contributed by atoms with van der Waals surface area (Å²) in [7, 11) is 0. The Kier molecular flexibility index (Phi) is 19.5. The van der Waals surface area contributed by atoms with E-state index >= 15 is 0 Å². The first-order valence-electron chi connectivity index (χ1n) is 9.91. The molecule has 0 saturated heterocycles. The molecule has 0 atom stereocenters. The molecule has 0 rings (SSSR count). The molecule has 2 nitrogen and oxygen atoms in total. The van der Waals surface area contributed by atoms with E-state index in [1.807, 2.05) is 6.08 Å². The van der Waals surface area contributed by atoms with Gasteiger partial charge in [0.15, 0.2) is 0 Å². The molecule has 0 heterocycles. The molecule has 0 saturated carbocycles. The van der Waals surface area contributed by atoms with Crippen LogP contribution in [-0.4, -0.2) is 12.5 Å². The molecule has 2 heteroatoms. The second-order valence-corrected chi connectivity index (χ2v) is 5.93. The van der Waals surface area contributed by atoms with E-state index in [2.05, 4.69) is 85.0 Å². The molecule has 1 amide bonds. The Morgan fingerprint density at radius 2 is 1.15 bits per heavy atom. The van der Waals surface area contributed by atoms with Gasteiger partial charge in [-0.3, -0.25) is 4.79 Å². The van der Waals surface area contributed by atoms with Crippen molar-refractivity contribution in [2.24, 2.45) is 0 Å². The molecule has 0 aromatic rings. The summed E-state index contributed by atoms with van der Waals surface area (Å²) in [4.78, 5) is 11.3. The molecular weight excluding hydrogens is 330 g/mol. The Labute approximate surface area is 166 Å². The summed E-state index contributed by atoms with van der Waals surface area (Å²) >= 11 is 0. The third kappa shape index (κ3) is 21.4. The van der Waals surface area contributed by atoms with Crippen LogP contribution in [0.15, 0.2) is 72.9 Å². The van der Waals surface area contributed by atoms with Crippen molar-refractivity contribution in [3.05, 3.63) is 72.9 Å². The van der Waals surface area contributed by atoms with Crippen LogP contribution in [0.25, 0.3) is 0 Å². The van der Waals surface area contributed by atoms with Crippen LogP contribution in [0.2, 0.25) is 0 Å². The predicted molar refractivity (Wildman–Crippen MR) is 119 cm³/mol. The molecule has 0 bridgehead atoms. The first-order valence-corrected chi connectivity index (χ1v) is 9.91. The Morgan fingerprint density at radius 3 is 1.56 bits per heavy atom. The Hall–Kier alpha value is -2.53. The number of carbonyl (C=O) groups excluding carboxylic acids is 1. The second kappa shape index (κ2) is 21.5. The zero-order valence-electron chi connectivity index (χ0n) is 16.8. The minimum Gasteiger partial charge on any atom is -0.345 e. The summed E-state index contributed by atoms with van der Waals surface area (Å²) in [6.07, 6.45) is 38.4. The maximum Gasteiger partial charge on any atom is 0.221 e. The smallest absolute Gasteiger partial charge is 0.221 e. The maximum atomic E-state index is 11.3. The molecule has 27 heavy (non-hydrogen) atoms. The second-order valence-electron chi connectivity index (χ2n) is 5.93. The van der Waals surface area contributed by atoms with Gasteiger partial charge in [-0.15, -0.1) is 6.42 Å². The molecule has 0 aromatic carbocycles. The minimum atomic E-state index is 0.00692. The van der Waals surface area contributed by atoms with Crippen molar-refractivity contribution in [1.29, 1.82) is 0 Å². The van der Waals surface area contributed by atoms with E-state index < -0.39 is 0 Å². The monoisotopic (exact) mass is 365 g/mol. The molecule has 0 aliphatic rings. The highest BCUT2D eigenvalue weighted by Crippen LogP contribution is 1.97. The fourth-order valence-corrected chi connectivity index (χ4v) is 2.09. The summed E-state index contributed by atoms with van der Waals surface area (Å²) < 4.78 is 0. The van der Waals surface area contributed by atoms with Crippen LogP contribution in [0.1, 0.15) is 58.3 Å². The van der Waals surface area contributed by atoms with Gasteiger partial charge in [0, 0.05) is 6.42 Å². The molecule has 0 radical (unpaired) electrons. The lowest BCUT2D eigenvalue weighted by Crippen LogP contribution is -2.22. The third-order valence-corrected chi connectivity index (χ3v) is 3.52. The molecule has 0 spiro atoms. The fourth-order valence-electron chi connectivity index (χ4n) is 2.09. The number of rotatable bonds is 15. The van der Waals surface area contributed by atoms with E-state index in [9.17, 15) is 4.79 Å². The van der Waals surface area contributed by atoms with Crippen molar-refractivity contribution in [3.8, 4) is 12.3 Å². The van der Waals surface area contributed by atoms with Gasteiger partial charge in [-0.25, -0.2) is 0 Å². The molecule has 0 fully saturated rings. The summed E-state index contributed by atoms with van der Waals surface area (Å²) in [6.45, 7) is 2.46. The highest BCUT2D eigenvalue weighted by Gasteiger charge is 1.95. The van der Waals surface area contributed by atoms with Gasteiger partial charge in [0.1, 0.15) is 0 Å². The first-order chi connectivity index (χ1) is 13.3. The molecule has 0 aliphatic carbocycles. The highest BCUT2D eigenvalue weighted by molar-refractivity contribution is 5.76. The van der Waals surface area contributed by atoms with Gasteiger partial charge in [-0.05, 0) is 44.9 Å². The zero-order valence-corrected chi connectivity index (χ0v) is 16.8. The number of allylic oxidation sites excluding steroid dienone is 12. The van der Waals surface area contributed by atoms with Crippen molar-refractivity contribution in [1.82, 2.24) is 5.32 Å². The minimum absolute atomic E-state index is 0.00692. The lowest BCUT2D eigenvalue weighted by Gasteiger charge is -1.97. The van der Waals surface area contributed by atoms with Crippen LogP contribution in [0, 0.1) is 12.3 Å². The van der Waals surface area contributed by atoms with Crippen molar-refractivity contribution in [2.75, 3.05) is 6.54 Å². The summed E-state index contributed by atoms with van der Waals surface area (Å²) in [5, 5.41) is 2.65. The van der Waals surface area contributed by atoms with Gasteiger partial charge < -0.3 is 5.32 Å². The van der Waals surface area contributed by atoms with E-state index in [4.69, 9.17) is 6.42 Å². The molecule has 146 valence electrons. The van der Waals surface area contributed by atoms with Gasteiger partial charge in [0.05, 0.1) is 6.54 Å². The number of hydrogen-bond acceptors (Lipinski definition) is 1. The zero-order chi connectivity index (χ0) is 19.8. The van der Waals surface area contributed by atoms with Gasteiger partial charge in [-0.1, -0.05) is 85.8 Å². The maximum absolute atomic E-state index is 11.3.